The van der Waals surface area contributed by atoms with Gasteiger partial charge in [-0.15, -0.1) is 0 Å². The average Bonchev–Trinajstić information content (AvgIpc) is 2.32. The van der Waals surface area contributed by atoms with Crippen LogP contribution in [0.15, 0.2) is 11.1 Å². The molecular formula is C10H15ClN4O2. The van der Waals surface area contributed by atoms with E-state index in [0.717, 1.165) is 0 Å². The Balaban J connectivity index is 2.65. The van der Waals surface area contributed by atoms with Crippen LogP contribution >= 0.6 is 11.6 Å². The highest BCUT2D eigenvalue weighted by Crippen LogP contribution is 2.11. The minimum Gasteiger partial charge on any atom is -0.360 e. The number of aromatic nitrogens is 2. The SMILES string of the molecule is CCN(CC)C(=O)CNc1nc[nH]c(=O)c1Cl. The van der Waals surface area contributed by atoms with Crippen LogP contribution in [0.25, 0.3) is 0 Å². The quantitative estimate of drug-likeness (QED) is 0.815. The molecule has 1 aromatic rings. The van der Waals surface area contributed by atoms with E-state index in [0.29, 0.717) is 13.1 Å². The Morgan fingerprint density at radius 2 is 2.18 bits per heavy atom. The van der Waals surface area contributed by atoms with Crippen molar-refractivity contribution < 1.29 is 4.79 Å². The average molecular weight is 259 g/mol. The van der Waals surface area contributed by atoms with Crippen LogP contribution in [0.1, 0.15) is 13.8 Å². The largest absolute Gasteiger partial charge is 0.360 e. The molecule has 0 aliphatic rings. The van der Waals surface area contributed by atoms with Gasteiger partial charge in [-0.3, -0.25) is 9.59 Å². The number of halogens is 1. The molecule has 0 saturated heterocycles. The summed E-state index contributed by atoms with van der Waals surface area (Å²) in [5.74, 6) is 0.157. The minimum atomic E-state index is -0.431. The van der Waals surface area contributed by atoms with Crippen molar-refractivity contribution in [2.75, 3.05) is 25.0 Å². The number of H-pyrrole nitrogens is 1. The van der Waals surface area contributed by atoms with E-state index < -0.39 is 5.56 Å². The van der Waals surface area contributed by atoms with Crippen LogP contribution in [0.5, 0.6) is 0 Å². The Bertz CT molecular complexity index is 442. The minimum absolute atomic E-state index is 0.0418. The molecule has 1 aromatic heterocycles. The maximum atomic E-state index is 11.7. The van der Waals surface area contributed by atoms with Gasteiger partial charge in [0.25, 0.3) is 5.56 Å². The maximum absolute atomic E-state index is 11.7. The molecule has 7 heteroatoms. The van der Waals surface area contributed by atoms with Crippen molar-refractivity contribution in [3.05, 3.63) is 21.7 Å². The first-order valence-corrected chi connectivity index (χ1v) is 5.72. The third-order valence-corrected chi connectivity index (χ3v) is 2.67. The van der Waals surface area contributed by atoms with Gasteiger partial charge in [-0.05, 0) is 13.8 Å². The molecule has 0 unspecified atom stereocenters. The van der Waals surface area contributed by atoms with Gasteiger partial charge < -0.3 is 15.2 Å². The molecule has 1 heterocycles. The fraction of sp³-hybridized carbons (Fsp3) is 0.500. The summed E-state index contributed by atoms with van der Waals surface area (Å²) in [5.41, 5.74) is -0.431. The summed E-state index contributed by atoms with van der Waals surface area (Å²) in [4.78, 5) is 30.7. The Morgan fingerprint density at radius 3 is 2.76 bits per heavy atom. The van der Waals surface area contributed by atoms with E-state index in [4.69, 9.17) is 11.6 Å². The number of rotatable bonds is 5. The molecule has 0 spiro atoms. The molecule has 1 rings (SSSR count). The second-order valence-corrected chi connectivity index (χ2v) is 3.69. The molecule has 0 aliphatic carbocycles. The Hall–Kier alpha value is -1.56. The first-order valence-electron chi connectivity index (χ1n) is 5.35. The predicted octanol–water partition coefficient (Wildman–Crippen LogP) is 0.704. The van der Waals surface area contributed by atoms with Gasteiger partial charge in [0, 0.05) is 13.1 Å². The smallest absolute Gasteiger partial charge is 0.271 e. The molecule has 0 fully saturated rings. The lowest BCUT2D eigenvalue weighted by molar-refractivity contribution is -0.128. The number of nitrogens with one attached hydrogen (secondary N) is 2. The normalized spacial score (nSPS) is 10.1. The lowest BCUT2D eigenvalue weighted by Crippen LogP contribution is -2.35. The number of aromatic amines is 1. The van der Waals surface area contributed by atoms with E-state index in [1.54, 1.807) is 4.90 Å². The highest BCUT2D eigenvalue weighted by Gasteiger charge is 2.11. The molecule has 0 aliphatic heterocycles. The summed E-state index contributed by atoms with van der Waals surface area (Å²) < 4.78 is 0. The van der Waals surface area contributed by atoms with Gasteiger partial charge in [-0.1, -0.05) is 11.6 Å². The van der Waals surface area contributed by atoms with Gasteiger partial charge in [0.2, 0.25) is 5.91 Å². The van der Waals surface area contributed by atoms with Crippen molar-refractivity contribution in [2.24, 2.45) is 0 Å². The van der Waals surface area contributed by atoms with Crippen LogP contribution in [0.4, 0.5) is 5.82 Å². The fourth-order valence-electron chi connectivity index (χ4n) is 1.35. The van der Waals surface area contributed by atoms with Crippen molar-refractivity contribution in [2.45, 2.75) is 13.8 Å². The number of carbonyl (C=O) groups is 1. The lowest BCUT2D eigenvalue weighted by atomic mass is 10.4. The molecule has 0 radical (unpaired) electrons. The summed E-state index contributed by atoms with van der Waals surface area (Å²) in [7, 11) is 0. The highest BCUT2D eigenvalue weighted by molar-refractivity contribution is 6.32. The van der Waals surface area contributed by atoms with Crippen LogP contribution in [0.2, 0.25) is 5.02 Å². The van der Waals surface area contributed by atoms with Crippen molar-refractivity contribution in [1.29, 1.82) is 0 Å². The molecule has 2 N–H and O–H groups in total. The molecule has 0 bridgehead atoms. The molecule has 94 valence electrons. The number of hydrogen-bond acceptors (Lipinski definition) is 4. The van der Waals surface area contributed by atoms with Crippen LogP contribution in [0.3, 0.4) is 0 Å². The molecule has 0 aromatic carbocycles. The zero-order valence-corrected chi connectivity index (χ0v) is 10.5. The molecule has 17 heavy (non-hydrogen) atoms. The lowest BCUT2D eigenvalue weighted by Gasteiger charge is -2.18. The third kappa shape index (κ3) is 3.45. The molecule has 6 nitrogen and oxygen atoms in total. The standard InChI is InChI=1S/C10H15ClN4O2/c1-3-15(4-2)7(16)5-12-9-8(11)10(17)14-6-13-9/h6H,3-5H2,1-2H3,(H2,12,13,14,17). The van der Waals surface area contributed by atoms with Crippen LogP contribution in [-0.4, -0.2) is 40.4 Å². The van der Waals surface area contributed by atoms with E-state index >= 15 is 0 Å². The molecule has 0 atom stereocenters. The number of anilines is 1. The number of hydrogen-bond donors (Lipinski definition) is 2. The first kappa shape index (κ1) is 13.5. The highest BCUT2D eigenvalue weighted by atomic mass is 35.5. The number of likely N-dealkylation sites (N-methyl/N-ethyl adjacent to an activating group) is 1. The second-order valence-electron chi connectivity index (χ2n) is 3.31. The van der Waals surface area contributed by atoms with Crippen molar-refractivity contribution in [3.8, 4) is 0 Å². The Morgan fingerprint density at radius 1 is 1.53 bits per heavy atom. The Kier molecular flexibility index (Phi) is 4.96. The van der Waals surface area contributed by atoms with Crippen molar-refractivity contribution >= 4 is 23.3 Å². The zero-order chi connectivity index (χ0) is 12.8. The van der Waals surface area contributed by atoms with Gasteiger partial charge in [0.05, 0.1) is 12.9 Å². The Labute approximate surface area is 104 Å². The van der Waals surface area contributed by atoms with Gasteiger partial charge >= 0.3 is 0 Å². The summed E-state index contributed by atoms with van der Waals surface area (Å²) >= 11 is 5.73. The summed E-state index contributed by atoms with van der Waals surface area (Å²) in [6.45, 7) is 5.17. The van der Waals surface area contributed by atoms with Gasteiger partial charge in [0.1, 0.15) is 5.02 Å². The van der Waals surface area contributed by atoms with Gasteiger partial charge in [-0.25, -0.2) is 4.98 Å². The van der Waals surface area contributed by atoms with E-state index in [1.807, 2.05) is 13.8 Å². The first-order chi connectivity index (χ1) is 8.10. The summed E-state index contributed by atoms with van der Waals surface area (Å²) in [6.07, 6.45) is 1.23. The molecular weight excluding hydrogens is 244 g/mol. The zero-order valence-electron chi connectivity index (χ0n) is 9.79. The summed E-state index contributed by atoms with van der Waals surface area (Å²) in [6, 6.07) is 0. The van der Waals surface area contributed by atoms with E-state index in [9.17, 15) is 9.59 Å². The van der Waals surface area contributed by atoms with E-state index in [2.05, 4.69) is 15.3 Å². The number of carbonyl (C=O) groups excluding carboxylic acids is 1. The van der Waals surface area contributed by atoms with Crippen LogP contribution in [-0.2, 0) is 4.79 Å². The van der Waals surface area contributed by atoms with E-state index in [1.165, 1.54) is 6.33 Å². The number of amides is 1. The predicted molar refractivity (Wildman–Crippen MR) is 66.3 cm³/mol. The fourth-order valence-corrected chi connectivity index (χ4v) is 1.52. The topological polar surface area (TPSA) is 78.1 Å². The van der Waals surface area contributed by atoms with Crippen molar-refractivity contribution in [3.63, 3.8) is 0 Å². The monoisotopic (exact) mass is 258 g/mol. The van der Waals surface area contributed by atoms with Crippen LogP contribution in [0, 0.1) is 0 Å². The molecule has 1 amide bonds. The summed E-state index contributed by atoms with van der Waals surface area (Å²) in [5, 5.41) is 2.71. The second kappa shape index (κ2) is 6.24. The van der Waals surface area contributed by atoms with E-state index in [-0.39, 0.29) is 23.3 Å². The van der Waals surface area contributed by atoms with Gasteiger partial charge in [0.15, 0.2) is 5.82 Å². The van der Waals surface area contributed by atoms with Crippen LogP contribution < -0.4 is 10.9 Å². The number of nitrogens with zero attached hydrogens (tertiary/aromatic N) is 2. The van der Waals surface area contributed by atoms with Gasteiger partial charge in [-0.2, -0.15) is 0 Å². The molecule has 0 saturated carbocycles. The van der Waals surface area contributed by atoms with Crippen molar-refractivity contribution in [1.82, 2.24) is 14.9 Å². The maximum Gasteiger partial charge on any atom is 0.271 e. The third-order valence-electron chi connectivity index (χ3n) is 2.32.